The standard InChI is InChI=1S/C20H17N3O3S/c1-2-25-16-10-6-7-13-11-17(26-18(13)16)15-12-27-20(22-15)23-19(24)21-14-8-4-3-5-9-14/h3-12H,2H2,1H3,(H2,21,22,23,24). The van der Waals surface area contributed by atoms with E-state index in [1.54, 1.807) is 0 Å². The van der Waals surface area contributed by atoms with E-state index in [1.807, 2.05) is 66.9 Å². The summed E-state index contributed by atoms with van der Waals surface area (Å²) in [6.07, 6.45) is 0. The molecule has 27 heavy (non-hydrogen) atoms. The van der Waals surface area contributed by atoms with Crippen molar-refractivity contribution in [2.75, 3.05) is 17.2 Å². The molecule has 0 atom stereocenters. The minimum absolute atomic E-state index is 0.342. The fourth-order valence-corrected chi connectivity index (χ4v) is 3.35. The molecule has 0 radical (unpaired) electrons. The van der Waals surface area contributed by atoms with E-state index in [0.29, 0.717) is 40.2 Å². The van der Waals surface area contributed by atoms with Gasteiger partial charge in [-0.3, -0.25) is 5.32 Å². The van der Waals surface area contributed by atoms with Crippen LogP contribution in [0.25, 0.3) is 22.4 Å². The van der Waals surface area contributed by atoms with E-state index in [4.69, 9.17) is 9.15 Å². The molecule has 6 nitrogen and oxygen atoms in total. The number of amides is 2. The number of nitrogens with zero attached hydrogens (tertiary/aromatic N) is 1. The SMILES string of the molecule is CCOc1cccc2cc(-c3csc(NC(=O)Nc4ccccc4)n3)oc12. The molecule has 0 bridgehead atoms. The van der Waals surface area contributed by atoms with Crippen molar-refractivity contribution in [1.82, 2.24) is 4.98 Å². The number of ether oxygens (including phenoxy) is 1. The van der Waals surface area contributed by atoms with Gasteiger partial charge >= 0.3 is 6.03 Å². The van der Waals surface area contributed by atoms with Gasteiger partial charge in [0.1, 0.15) is 5.69 Å². The summed E-state index contributed by atoms with van der Waals surface area (Å²) in [5.41, 5.74) is 2.07. The third kappa shape index (κ3) is 3.78. The zero-order valence-corrected chi connectivity index (χ0v) is 15.4. The molecule has 4 aromatic rings. The maximum atomic E-state index is 12.1. The highest BCUT2D eigenvalue weighted by Gasteiger charge is 2.14. The lowest BCUT2D eigenvalue weighted by Gasteiger charge is -2.04. The Morgan fingerprint density at radius 1 is 1.15 bits per heavy atom. The van der Waals surface area contributed by atoms with Gasteiger partial charge in [0.15, 0.2) is 22.2 Å². The van der Waals surface area contributed by atoms with Crippen LogP contribution in [0.5, 0.6) is 5.75 Å². The average molecular weight is 379 g/mol. The first kappa shape index (κ1) is 17.1. The normalized spacial score (nSPS) is 10.7. The first-order chi connectivity index (χ1) is 13.2. The summed E-state index contributed by atoms with van der Waals surface area (Å²) in [6, 6.07) is 16.6. The van der Waals surface area contributed by atoms with Crippen LogP contribution in [0.2, 0.25) is 0 Å². The van der Waals surface area contributed by atoms with E-state index in [2.05, 4.69) is 15.6 Å². The lowest BCUT2D eigenvalue weighted by Crippen LogP contribution is -2.19. The van der Waals surface area contributed by atoms with Crippen molar-refractivity contribution in [2.45, 2.75) is 6.92 Å². The minimum Gasteiger partial charge on any atom is -0.490 e. The Kier molecular flexibility index (Phi) is 4.76. The van der Waals surface area contributed by atoms with E-state index in [0.717, 1.165) is 5.39 Å². The number of fused-ring (bicyclic) bond motifs is 1. The smallest absolute Gasteiger partial charge is 0.325 e. The largest absolute Gasteiger partial charge is 0.490 e. The quantitative estimate of drug-likeness (QED) is 0.473. The minimum atomic E-state index is -0.342. The number of aromatic nitrogens is 1. The monoisotopic (exact) mass is 379 g/mol. The number of anilines is 2. The molecular formula is C20H17N3O3S. The molecule has 2 aromatic carbocycles. The Morgan fingerprint density at radius 3 is 2.81 bits per heavy atom. The number of nitrogens with one attached hydrogen (secondary N) is 2. The molecule has 2 amide bonds. The van der Waals surface area contributed by atoms with Gasteiger partial charge in [0.05, 0.1) is 6.61 Å². The zero-order valence-electron chi connectivity index (χ0n) is 14.6. The summed E-state index contributed by atoms with van der Waals surface area (Å²) < 4.78 is 11.5. The Hall–Kier alpha value is -3.32. The van der Waals surface area contributed by atoms with Gasteiger partial charge in [0.25, 0.3) is 0 Å². The fraction of sp³-hybridized carbons (Fsp3) is 0.100. The molecule has 2 aromatic heterocycles. The molecule has 0 fully saturated rings. The molecule has 0 aliphatic carbocycles. The van der Waals surface area contributed by atoms with Crippen LogP contribution in [0.4, 0.5) is 15.6 Å². The summed E-state index contributed by atoms with van der Waals surface area (Å²) in [7, 11) is 0. The van der Waals surface area contributed by atoms with E-state index in [9.17, 15) is 4.79 Å². The molecule has 7 heteroatoms. The molecule has 0 saturated heterocycles. The summed E-state index contributed by atoms with van der Waals surface area (Å²) in [6.45, 7) is 2.50. The number of urea groups is 1. The molecule has 136 valence electrons. The number of carbonyl (C=O) groups is 1. The van der Waals surface area contributed by atoms with E-state index >= 15 is 0 Å². The van der Waals surface area contributed by atoms with Gasteiger partial charge in [-0.2, -0.15) is 0 Å². The Bertz CT molecular complexity index is 1070. The predicted molar refractivity (Wildman–Crippen MR) is 108 cm³/mol. The Morgan fingerprint density at radius 2 is 2.00 bits per heavy atom. The van der Waals surface area contributed by atoms with Gasteiger partial charge in [-0.1, -0.05) is 30.3 Å². The number of rotatable bonds is 5. The third-order valence-electron chi connectivity index (χ3n) is 3.82. The Labute approximate surface area is 159 Å². The van der Waals surface area contributed by atoms with Gasteiger partial charge in [-0.05, 0) is 31.2 Å². The highest BCUT2D eigenvalue weighted by Crippen LogP contribution is 2.34. The van der Waals surface area contributed by atoms with Gasteiger partial charge in [0, 0.05) is 16.5 Å². The van der Waals surface area contributed by atoms with Gasteiger partial charge in [-0.15, -0.1) is 11.3 Å². The zero-order chi connectivity index (χ0) is 18.6. The molecule has 0 aliphatic heterocycles. The highest BCUT2D eigenvalue weighted by atomic mass is 32.1. The number of hydrogen-bond donors (Lipinski definition) is 2. The van der Waals surface area contributed by atoms with Crippen LogP contribution < -0.4 is 15.4 Å². The van der Waals surface area contributed by atoms with Crippen molar-refractivity contribution in [2.24, 2.45) is 0 Å². The van der Waals surface area contributed by atoms with Crippen LogP contribution in [0.1, 0.15) is 6.92 Å². The first-order valence-electron chi connectivity index (χ1n) is 8.47. The molecule has 2 heterocycles. The van der Waals surface area contributed by atoms with Crippen molar-refractivity contribution < 1.29 is 13.9 Å². The van der Waals surface area contributed by atoms with Crippen molar-refractivity contribution in [3.05, 3.63) is 60.0 Å². The lowest BCUT2D eigenvalue weighted by atomic mass is 10.2. The predicted octanol–water partition coefficient (Wildman–Crippen LogP) is 5.60. The first-order valence-corrected chi connectivity index (χ1v) is 9.35. The van der Waals surface area contributed by atoms with Gasteiger partial charge in [-0.25, -0.2) is 9.78 Å². The molecule has 2 N–H and O–H groups in total. The van der Waals surface area contributed by atoms with Crippen LogP contribution >= 0.6 is 11.3 Å². The topological polar surface area (TPSA) is 76.4 Å². The third-order valence-corrected chi connectivity index (χ3v) is 4.57. The van der Waals surface area contributed by atoms with Crippen molar-refractivity contribution in [3.63, 3.8) is 0 Å². The summed E-state index contributed by atoms with van der Waals surface area (Å²) in [5, 5.41) is 8.77. The second-order valence-corrected chi connectivity index (χ2v) is 6.56. The average Bonchev–Trinajstić information content (AvgIpc) is 3.30. The maximum Gasteiger partial charge on any atom is 0.325 e. The number of para-hydroxylation sites is 2. The van der Waals surface area contributed by atoms with E-state index in [1.165, 1.54) is 11.3 Å². The van der Waals surface area contributed by atoms with Crippen LogP contribution in [0, 0.1) is 0 Å². The molecule has 0 aliphatic rings. The lowest BCUT2D eigenvalue weighted by molar-refractivity contribution is 0.262. The summed E-state index contributed by atoms with van der Waals surface area (Å²) >= 11 is 1.33. The van der Waals surface area contributed by atoms with E-state index < -0.39 is 0 Å². The van der Waals surface area contributed by atoms with Crippen molar-refractivity contribution >= 4 is 39.2 Å². The maximum absolute atomic E-state index is 12.1. The van der Waals surface area contributed by atoms with E-state index in [-0.39, 0.29) is 6.03 Å². The van der Waals surface area contributed by atoms with Crippen LogP contribution in [0.15, 0.2) is 64.4 Å². The highest BCUT2D eigenvalue weighted by molar-refractivity contribution is 7.14. The number of benzene rings is 2. The molecule has 0 spiro atoms. The molecule has 0 unspecified atom stereocenters. The fourth-order valence-electron chi connectivity index (χ4n) is 2.66. The molecular weight excluding hydrogens is 362 g/mol. The Balaban J connectivity index is 1.51. The second kappa shape index (κ2) is 7.51. The van der Waals surface area contributed by atoms with Crippen LogP contribution in [-0.2, 0) is 0 Å². The van der Waals surface area contributed by atoms with Crippen LogP contribution in [-0.4, -0.2) is 17.6 Å². The summed E-state index contributed by atoms with van der Waals surface area (Å²) in [4.78, 5) is 16.5. The van der Waals surface area contributed by atoms with Crippen LogP contribution in [0.3, 0.4) is 0 Å². The van der Waals surface area contributed by atoms with Gasteiger partial charge in [0.2, 0.25) is 0 Å². The van der Waals surface area contributed by atoms with Crippen molar-refractivity contribution in [1.29, 1.82) is 0 Å². The van der Waals surface area contributed by atoms with Crippen molar-refractivity contribution in [3.8, 4) is 17.2 Å². The number of carbonyl (C=O) groups excluding carboxylic acids is 1. The molecule has 0 saturated carbocycles. The number of thiazole rings is 1. The number of furan rings is 1. The second-order valence-electron chi connectivity index (χ2n) is 5.70. The number of hydrogen-bond acceptors (Lipinski definition) is 5. The van der Waals surface area contributed by atoms with Gasteiger partial charge < -0.3 is 14.5 Å². The summed E-state index contributed by atoms with van der Waals surface area (Å²) in [5.74, 6) is 1.34. The molecule has 4 rings (SSSR count).